The number of likely N-dealkylation sites (tertiary alicyclic amines) is 1. The lowest BCUT2D eigenvalue weighted by Gasteiger charge is -2.33. The normalized spacial score (nSPS) is 19.0. The summed E-state index contributed by atoms with van der Waals surface area (Å²) in [4.78, 5) is 2.29. The Labute approximate surface area is 83.5 Å². The summed E-state index contributed by atoms with van der Waals surface area (Å²) in [5, 5.41) is 0. The van der Waals surface area contributed by atoms with Crippen molar-refractivity contribution in [3.8, 4) is 0 Å². The fourth-order valence-electron chi connectivity index (χ4n) is 1.69. The van der Waals surface area contributed by atoms with Crippen LogP contribution < -0.4 is 5.73 Å². The Morgan fingerprint density at radius 3 is 2.79 bits per heavy atom. The summed E-state index contributed by atoms with van der Waals surface area (Å²) in [5.41, 5.74) is 6.85. The number of hydrogen-bond acceptors (Lipinski definition) is 2. The zero-order chi connectivity index (χ0) is 9.97. The molecule has 0 spiro atoms. The van der Waals surface area contributed by atoms with Crippen LogP contribution in [0.1, 0.15) is 18.0 Å². The average Bonchev–Trinajstić information content (AvgIpc) is 2.11. The van der Waals surface area contributed by atoms with Crippen molar-refractivity contribution in [3.63, 3.8) is 0 Å². The van der Waals surface area contributed by atoms with Crippen molar-refractivity contribution in [2.45, 2.75) is 12.5 Å². The fourth-order valence-corrected chi connectivity index (χ4v) is 1.69. The van der Waals surface area contributed by atoms with Crippen molar-refractivity contribution >= 4 is 0 Å². The van der Waals surface area contributed by atoms with Gasteiger partial charge in [-0.3, -0.25) is 0 Å². The average molecular weight is 194 g/mol. The third-order valence-electron chi connectivity index (χ3n) is 2.68. The topological polar surface area (TPSA) is 29.3 Å². The maximum atomic E-state index is 12.9. The summed E-state index contributed by atoms with van der Waals surface area (Å²) in [6, 6.07) is 6.49. The van der Waals surface area contributed by atoms with Crippen LogP contribution in [-0.2, 0) is 0 Å². The molecule has 1 heterocycles. The van der Waals surface area contributed by atoms with Gasteiger partial charge in [-0.05, 0) is 37.2 Å². The van der Waals surface area contributed by atoms with Crippen LogP contribution in [-0.4, -0.2) is 24.5 Å². The second-order valence-corrected chi connectivity index (χ2v) is 3.82. The molecule has 3 heteroatoms. The lowest BCUT2D eigenvalue weighted by molar-refractivity contribution is 0.170. The second kappa shape index (κ2) is 4.07. The quantitative estimate of drug-likeness (QED) is 0.790. The molecule has 0 saturated carbocycles. The largest absolute Gasteiger partial charge is 0.323 e. The van der Waals surface area contributed by atoms with E-state index in [9.17, 15) is 4.39 Å². The number of benzene rings is 1. The lowest BCUT2D eigenvalue weighted by Crippen LogP contribution is -2.41. The molecule has 1 aliphatic rings. The third-order valence-corrected chi connectivity index (χ3v) is 2.68. The van der Waals surface area contributed by atoms with Gasteiger partial charge < -0.3 is 10.6 Å². The Hall–Kier alpha value is -0.930. The predicted octanol–water partition coefficient (Wildman–Crippen LogP) is 1.53. The maximum Gasteiger partial charge on any atom is 0.123 e. The third kappa shape index (κ3) is 2.11. The first-order valence-corrected chi connectivity index (χ1v) is 4.99. The van der Waals surface area contributed by atoms with Crippen LogP contribution in [0.5, 0.6) is 0 Å². The van der Waals surface area contributed by atoms with E-state index in [1.165, 1.54) is 18.6 Å². The first-order valence-electron chi connectivity index (χ1n) is 4.99. The molecule has 1 aromatic rings. The summed E-state index contributed by atoms with van der Waals surface area (Å²) in [5.74, 6) is -0.207. The highest BCUT2D eigenvalue weighted by molar-refractivity contribution is 5.20. The minimum Gasteiger partial charge on any atom is -0.323 e. The minimum absolute atomic E-state index is 0.0639. The van der Waals surface area contributed by atoms with Gasteiger partial charge in [0.25, 0.3) is 0 Å². The van der Waals surface area contributed by atoms with Gasteiger partial charge in [0.2, 0.25) is 0 Å². The monoisotopic (exact) mass is 194 g/mol. The number of nitrogens with zero attached hydrogens (tertiary/aromatic N) is 1. The Kier molecular flexibility index (Phi) is 2.79. The second-order valence-electron chi connectivity index (χ2n) is 3.82. The van der Waals surface area contributed by atoms with Gasteiger partial charge in [-0.15, -0.1) is 0 Å². The van der Waals surface area contributed by atoms with Crippen LogP contribution in [0, 0.1) is 5.82 Å². The van der Waals surface area contributed by atoms with Crippen molar-refractivity contribution in [2.24, 2.45) is 5.73 Å². The Morgan fingerprint density at radius 1 is 1.43 bits per heavy atom. The molecular formula is C11H15FN2. The summed E-state index contributed by atoms with van der Waals surface area (Å²) < 4.78 is 12.9. The van der Waals surface area contributed by atoms with Crippen molar-refractivity contribution in [2.75, 3.05) is 19.6 Å². The molecule has 1 saturated heterocycles. The zero-order valence-corrected chi connectivity index (χ0v) is 8.12. The van der Waals surface area contributed by atoms with Crippen LogP contribution in [0.4, 0.5) is 4.39 Å². The summed E-state index contributed by atoms with van der Waals surface area (Å²) in [6.45, 7) is 3.09. The number of rotatable bonds is 3. The lowest BCUT2D eigenvalue weighted by atomic mass is 10.1. The molecule has 1 aliphatic heterocycles. The van der Waals surface area contributed by atoms with E-state index >= 15 is 0 Å². The van der Waals surface area contributed by atoms with E-state index < -0.39 is 0 Å². The fraction of sp³-hybridized carbons (Fsp3) is 0.455. The van der Waals surface area contributed by atoms with E-state index in [-0.39, 0.29) is 11.9 Å². The van der Waals surface area contributed by atoms with E-state index in [0.717, 1.165) is 25.2 Å². The SMILES string of the molecule is NC(CN1CCC1)c1cccc(F)c1. The zero-order valence-electron chi connectivity index (χ0n) is 8.12. The first kappa shape index (κ1) is 9.62. The van der Waals surface area contributed by atoms with Crippen LogP contribution in [0.15, 0.2) is 24.3 Å². The van der Waals surface area contributed by atoms with E-state index in [1.807, 2.05) is 6.07 Å². The molecular weight excluding hydrogens is 179 g/mol. The van der Waals surface area contributed by atoms with Crippen molar-refractivity contribution in [1.29, 1.82) is 0 Å². The molecule has 1 unspecified atom stereocenters. The molecule has 1 atom stereocenters. The maximum absolute atomic E-state index is 12.9. The van der Waals surface area contributed by atoms with Crippen molar-refractivity contribution in [1.82, 2.24) is 4.90 Å². The van der Waals surface area contributed by atoms with Crippen LogP contribution in [0.25, 0.3) is 0 Å². The van der Waals surface area contributed by atoms with Gasteiger partial charge >= 0.3 is 0 Å². The highest BCUT2D eigenvalue weighted by atomic mass is 19.1. The van der Waals surface area contributed by atoms with E-state index in [0.29, 0.717) is 0 Å². The summed E-state index contributed by atoms with van der Waals surface area (Å²) in [6.07, 6.45) is 1.26. The summed E-state index contributed by atoms with van der Waals surface area (Å²) >= 11 is 0. The molecule has 1 fully saturated rings. The molecule has 76 valence electrons. The van der Waals surface area contributed by atoms with E-state index in [1.54, 1.807) is 6.07 Å². The predicted molar refractivity (Wildman–Crippen MR) is 54.4 cm³/mol. The van der Waals surface area contributed by atoms with Gasteiger partial charge in [-0.2, -0.15) is 0 Å². The van der Waals surface area contributed by atoms with Gasteiger partial charge in [0, 0.05) is 12.6 Å². The summed E-state index contributed by atoms with van der Waals surface area (Å²) in [7, 11) is 0. The molecule has 0 amide bonds. The molecule has 2 rings (SSSR count). The smallest absolute Gasteiger partial charge is 0.123 e. The van der Waals surface area contributed by atoms with Gasteiger partial charge in [-0.25, -0.2) is 4.39 Å². The highest BCUT2D eigenvalue weighted by Gasteiger charge is 2.17. The van der Waals surface area contributed by atoms with E-state index in [4.69, 9.17) is 5.73 Å². The van der Waals surface area contributed by atoms with Crippen LogP contribution in [0.3, 0.4) is 0 Å². The molecule has 0 radical (unpaired) electrons. The van der Waals surface area contributed by atoms with Crippen molar-refractivity contribution < 1.29 is 4.39 Å². The Balaban J connectivity index is 1.98. The number of nitrogens with two attached hydrogens (primary N) is 1. The molecule has 2 N–H and O–H groups in total. The minimum atomic E-state index is -0.207. The van der Waals surface area contributed by atoms with Crippen molar-refractivity contribution in [3.05, 3.63) is 35.6 Å². The van der Waals surface area contributed by atoms with Gasteiger partial charge in [0.05, 0.1) is 0 Å². The number of hydrogen-bond donors (Lipinski definition) is 1. The Morgan fingerprint density at radius 2 is 2.21 bits per heavy atom. The first-order chi connectivity index (χ1) is 6.75. The van der Waals surface area contributed by atoms with Gasteiger partial charge in [-0.1, -0.05) is 12.1 Å². The molecule has 1 aromatic carbocycles. The highest BCUT2D eigenvalue weighted by Crippen LogP contribution is 2.16. The van der Waals surface area contributed by atoms with Crippen LogP contribution >= 0.6 is 0 Å². The standard InChI is InChI=1S/C11H15FN2/c12-10-4-1-3-9(7-10)11(13)8-14-5-2-6-14/h1,3-4,7,11H,2,5-6,8,13H2. The van der Waals surface area contributed by atoms with Crippen LogP contribution in [0.2, 0.25) is 0 Å². The number of halogens is 1. The molecule has 0 bridgehead atoms. The van der Waals surface area contributed by atoms with Gasteiger partial charge in [0.15, 0.2) is 0 Å². The molecule has 0 aliphatic carbocycles. The van der Waals surface area contributed by atoms with E-state index in [2.05, 4.69) is 4.90 Å². The molecule has 0 aromatic heterocycles. The molecule has 2 nitrogen and oxygen atoms in total. The van der Waals surface area contributed by atoms with Gasteiger partial charge in [0.1, 0.15) is 5.82 Å². The Bertz CT molecular complexity index is 310. The molecule has 14 heavy (non-hydrogen) atoms.